The highest BCUT2D eigenvalue weighted by Gasteiger charge is 2.55. The lowest BCUT2D eigenvalue weighted by Crippen LogP contribution is -2.57. The number of hydrogen-bond acceptors (Lipinski definition) is 3. The molecule has 0 radical (unpaired) electrons. The second-order valence-corrected chi connectivity index (χ2v) is 11.1. The van der Waals surface area contributed by atoms with E-state index in [-0.39, 0.29) is 35.1 Å². The number of carboxylic acid groups (broad SMARTS) is 1. The lowest BCUT2D eigenvalue weighted by molar-refractivity contribution is -0.155. The summed E-state index contributed by atoms with van der Waals surface area (Å²) in [6.45, 7) is 2.01. The van der Waals surface area contributed by atoms with Crippen LogP contribution in [0.3, 0.4) is 0 Å². The number of amides is 1. The van der Waals surface area contributed by atoms with Gasteiger partial charge >= 0.3 is 5.97 Å². The molecule has 39 heavy (non-hydrogen) atoms. The van der Waals surface area contributed by atoms with Crippen LogP contribution in [0.2, 0.25) is 0 Å². The molecule has 1 atom stereocenters. The fourth-order valence-electron chi connectivity index (χ4n) is 6.62. The number of rotatable bonds is 7. The number of methoxy groups -OCH3 is 1. The van der Waals surface area contributed by atoms with Gasteiger partial charge < -0.3 is 19.7 Å². The molecule has 0 aliphatic heterocycles. The normalized spacial score (nSPS) is 22.6. The minimum atomic E-state index is -0.733. The molecular weight excluding hydrogens is 495 g/mol. The van der Waals surface area contributed by atoms with E-state index in [9.17, 15) is 19.1 Å². The van der Waals surface area contributed by atoms with E-state index >= 15 is 0 Å². The van der Waals surface area contributed by atoms with Crippen LogP contribution in [0, 0.1) is 17.2 Å². The van der Waals surface area contributed by atoms with Crippen molar-refractivity contribution in [3.8, 4) is 16.9 Å². The summed E-state index contributed by atoms with van der Waals surface area (Å²) < 4.78 is 22.6. The van der Waals surface area contributed by atoms with Crippen molar-refractivity contribution in [1.29, 1.82) is 0 Å². The number of nitrogens with one attached hydrogen (secondary N) is 1. The summed E-state index contributed by atoms with van der Waals surface area (Å²) in [7, 11) is 1.64. The van der Waals surface area contributed by atoms with Gasteiger partial charge in [-0.2, -0.15) is 0 Å². The Morgan fingerprint density at radius 3 is 2.46 bits per heavy atom. The predicted octanol–water partition coefficient (Wildman–Crippen LogP) is 6.44. The van der Waals surface area contributed by atoms with Crippen molar-refractivity contribution >= 4 is 22.8 Å². The molecule has 0 bridgehead atoms. The van der Waals surface area contributed by atoms with Crippen LogP contribution in [0.1, 0.15) is 54.6 Å². The molecule has 1 amide bonds. The Hall–Kier alpha value is -4.13. The molecule has 3 aromatic carbocycles. The second kappa shape index (κ2) is 9.56. The van der Waals surface area contributed by atoms with Crippen molar-refractivity contribution in [2.45, 2.75) is 44.7 Å². The maximum Gasteiger partial charge on any atom is 0.306 e. The van der Waals surface area contributed by atoms with E-state index in [2.05, 4.69) is 5.32 Å². The van der Waals surface area contributed by atoms with Crippen LogP contribution in [0.15, 0.2) is 72.9 Å². The molecule has 2 fully saturated rings. The SMILES string of the molecule is COc1cc(-c2ccccc2)ccc1C(C)n1ccc2c(F)ccc(C(=O)NC3CC4(C3)CC(C(=O)O)C4)c21. The molecule has 6 rings (SSSR count). The average Bonchev–Trinajstić information content (AvgIpc) is 3.35. The Morgan fingerprint density at radius 2 is 1.77 bits per heavy atom. The lowest BCUT2D eigenvalue weighted by Gasteiger charge is -2.56. The van der Waals surface area contributed by atoms with Crippen molar-refractivity contribution in [2.75, 3.05) is 7.11 Å². The van der Waals surface area contributed by atoms with E-state index in [0.29, 0.717) is 35.1 Å². The zero-order valence-electron chi connectivity index (χ0n) is 22.0. The van der Waals surface area contributed by atoms with Gasteiger partial charge in [-0.1, -0.05) is 42.5 Å². The molecule has 2 saturated carbocycles. The first-order chi connectivity index (χ1) is 18.8. The third-order valence-corrected chi connectivity index (χ3v) is 8.68. The molecular formula is C32H31FN2O4. The van der Waals surface area contributed by atoms with Gasteiger partial charge in [0.25, 0.3) is 5.91 Å². The first kappa shape index (κ1) is 25.2. The summed E-state index contributed by atoms with van der Waals surface area (Å²) in [6.07, 6.45) is 4.75. The summed E-state index contributed by atoms with van der Waals surface area (Å²) in [5.41, 5.74) is 4.05. The monoisotopic (exact) mass is 526 g/mol. The number of aromatic nitrogens is 1. The highest BCUT2D eigenvalue weighted by atomic mass is 19.1. The van der Waals surface area contributed by atoms with E-state index < -0.39 is 5.97 Å². The third-order valence-electron chi connectivity index (χ3n) is 8.68. The number of carbonyl (C=O) groups excluding carboxylic acids is 1. The van der Waals surface area contributed by atoms with Crippen LogP contribution in [-0.4, -0.2) is 34.7 Å². The number of carbonyl (C=O) groups is 2. The molecule has 1 aromatic heterocycles. The molecule has 4 aromatic rings. The van der Waals surface area contributed by atoms with Gasteiger partial charge in [-0.3, -0.25) is 9.59 Å². The van der Waals surface area contributed by atoms with Gasteiger partial charge in [0.15, 0.2) is 0 Å². The predicted molar refractivity (Wildman–Crippen MR) is 147 cm³/mol. The molecule has 2 N–H and O–H groups in total. The maximum atomic E-state index is 14.9. The van der Waals surface area contributed by atoms with Crippen LogP contribution in [0.25, 0.3) is 22.0 Å². The van der Waals surface area contributed by atoms with Crippen molar-refractivity contribution in [2.24, 2.45) is 11.3 Å². The maximum absolute atomic E-state index is 14.9. The fourth-order valence-corrected chi connectivity index (χ4v) is 6.62. The van der Waals surface area contributed by atoms with Gasteiger partial charge in [0.1, 0.15) is 11.6 Å². The Bertz CT molecular complexity index is 1560. The summed E-state index contributed by atoms with van der Waals surface area (Å²) >= 11 is 0. The standard InChI is InChI=1S/C32H31FN2O4/c1-19(24-9-8-21(14-28(24)39-2)20-6-4-3-5-7-20)35-13-12-25-27(33)11-10-26(29(25)35)30(36)34-23-17-32(18-23)15-22(16-32)31(37)38/h3-14,19,22-23H,15-18H2,1-2H3,(H,34,36)(H,37,38). The number of ether oxygens (including phenoxy) is 1. The molecule has 2 aliphatic rings. The van der Waals surface area contributed by atoms with Crippen molar-refractivity contribution < 1.29 is 23.8 Å². The van der Waals surface area contributed by atoms with Gasteiger partial charge in [0, 0.05) is 23.2 Å². The first-order valence-corrected chi connectivity index (χ1v) is 13.3. The van der Waals surface area contributed by atoms with Gasteiger partial charge in [-0.05, 0) is 73.4 Å². The highest BCUT2D eigenvalue weighted by Crippen LogP contribution is 2.58. The zero-order chi connectivity index (χ0) is 27.3. The van der Waals surface area contributed by atoms with Gasteiger partial charge in [0.2, 0.25) is 0 Å². The molecule has 1 spiro atoms. The minimum absolute atomic E-state index is 0.00110. The Labute approximate surface area is 226 Å². The molecule has 200 valence electrons. The van der Waals surface area contributed by atoms with E-state index in [1.165, 1.54) is 6.07 Å². The van der Waals surface area contributed by atoms with Crippen LogP contribution in [0.5, 0.6) is 5.75 Å². The van der Waals surface area contributed by atoms with E-state index in [4.69, 9.17) is 4.74 Å². The Kier molecular flexibility index (Phi) is 6.17. The number of nitrogens with zero attached hydrogens (tertiary/aromatic N) is 1. The summed E-state index contributed by atoms with van der Waals surface area (Å²) in [5.74, 6) is -0.902. The van der Waals surface area contributed by atoms with Crippen molar-refractivity contribution in [1.82, 2.24) is 9.88 Å². The number of halogens is 1. The van der Waals surface area contributed by atoms with Crippen LogP contribution < -0.4 is 10.1 Å². The van der Waals surface area contributed by atoms with Crippen LogP contribution in [-0.2, 0) is 4.79 Å². The number of carboxylic acids is 1. The topological polar surface area (TPSA) is 80.6 Å². The summed E-state index contributed by atoms with van der Waals surface area (Å²) in [5, 5.41) is 12.7. The minimum Gasteiger partial charge on any atom is -0.496 e. The molecule has 6 nitrogen and oxygen atoms in total. The van der Waals surface area contributed by atoms with E-state index in [1.807, 2.05) is 66.2 Å². The number of fused-ring (bicyclic) bond motifs is 1. The van der Waals surface area contributed by atoms with Crippen molar-refractivity contribution in [3.05, 3.63) is 89.9 Å². The molecule has 0 saturated heterocycles. The number of aliphatic carboxylic acids is 1. The zero-order valence-corrected chi connectivity index (χ0v) is 22.0. The van der Waals surface area contributed by atoms with E-state index in [0.717, 1.165) is 29.5 Å². The van der Waals surface area contributed by atoms with Crippen molar-refractivity contribution in [3.63, 3.8) is 0 Å². The van der Waals surface area contributed by atoms with Crippen LogP contribution in [0.4, 0.5) is 4.39 Å². The summed E-state index contributed by atoms with van der Waals surface area (Å²) in [6, 6.07) is 20.5. The molecule has 2 aliphatic carbocycles. The molecule has 7 heteroatoms. The largest absolute Gasteiger partial charge is 0.496 e. The molecule has 1 heterocycles. The Morgan fingerprint density at radius 1 is 1.03 bits per heavy atom. The Balaban J connectivity index is 1.27. The highest BCUT2D eigenvalue weighted by molar-refractivity contribution is 6.06. The fraction of sp³-hybridized carbons (Fsp3) is 0.312. The quantitative estimate of drug-likeness (QED) is 0.291. The lowest BCUT2D eigenvalue weighted by atomic mass is 9.50. The van der Waals surface area contributed by atoms with Gasteiger partial charge in [0.05, 0.1) is 30.1 Å². The second-order valence-electron chi connectivity index (χ2n) is 11.1. The van der Waals surface area contributed by atoms with Gasteiger partial charge in [-0.25, -0.2) is 4.39 Å². The number of benzene rings is 3. The average molecular weight is 527 g/mol. The number of hydrogen-bond donors (Lipinski definition) is 2. The van der Waals surface area contributed by atoms with Crippen LogP contribution >= 0.6 is 0 Å². The molecule has 1 unspecified atom stereocenters. The smallest absolute Gasteiger partial charge is 0.306 e. The van der Waals surface area contributed by atoms with Gasteiger partial charge in [-0.15, -0.1) is 0 Å². The third kappa shape index (κ3) is 4.36. The first-order valence-electron chi connectivity index (χ1n) is 13.3. The summed E-state index contributed by atoms with van der Waals surface area (Å²) in [4.78, 5) is 24.6. The van der Waals surface area contributed by atoms with E-state index in [1.54, 1.807) is 19.2 Å².